The molecule has 6 nitrogen and oxygen atoms in total. The van der Waals surface area contributed by atoms with Gasteiger partial charge in [0.05, 0.1) is 10.6 Å². The van der Waals surface area contributed by atoms with Crippen LogP contribution >= 0.6 is 11.3 Å². The second kappa shape index (κ2) is 9.28. The first-order chi connectivity index (χ1) is 15.6. The molecule has 1 aliphatic heterocycles. The largest absolute Gasteiger partial charge is 0.298 e. The van der Waals surface area contributed by atoms with E-state index in [2.05, 4.69) is 10.3 Å². The molecule has 0 spiro atoms. The molecule has 2 atom stereocenters. The first-order valence-electron chi connectivity index (χ1n) is 10.5. The monoisotopic (exact) mass is 491 g/mol. The first kappa shape index (κ1) is 23.5. The van der Waals surface area contributed by atoms with Gasteiger partial charge < -0.3 is 0 Å². The molecule has 0 saturated carbocycles. The number of anilines is 1. The van der Waals surface area contributed by atoms with Gasteiger partial charge in [0.25, 0.3) is 5.91 Å². The van der Waals surface area contributed by atoms with Crippen molar-refractivity contribution in [2.24, 2.45) is 11.8 Å². The Labute approximate surface area is 195 Å². The minimum Gasteiger partial charge on any atom is -0.298 e. The van der Waals surface area contributed by atoms with E-state index in [1.54, 1.807) is 0 Å². The summed E-state index contributed by atoms with van der Waals surface area (Å²) in [5.74, 6) is -1.25. The maximum absolute atomic E-state index is 14.0. The summed E-state index contributed by atoms with van der Waals surface area (Å²) in [5, 5.41) is 4.29. The van der Waals surface area contributed by atoms with Crippen molar-refractivity contribution in [2.45, 2.75) is 25.2 Å². The zero-order valence-electron chi connectivity index (χ0n) is 18.1. The van der Waals surface area contributed by atoms with Gasteiger partial charge in [0, 0.05) is 29.6 Å². The van der Waals surface area contributed by atoms with Gasteiger partial charge in [0.15, 0.2) is 5.13 Å². The van der Waals surface area contributed by atoms with E-state index in [9.17, 15) is 22.0 Å². The van der Waals surface area contributed by atoms with Gasteiger partial charge in [-0.05, 0) is 54.7 Å². The molecule has 2 unspecified atom stereocenters. The SMILES string of the molecule is CC1CC(C)CN(S(=O)(=O)c2cccc(C(=O)Nc3nc(-c4cc(F)ccc4F)cs3)c2)C1. The van der Waals surface area contributed by atoms with Crippen molar-refractivity contribution in [3.8, 4) is 11.3 Å². The Morgan fingerprint density at radius 1 is 1.12 bits per heavy atom. The predicted molar refractivity (Wildman–Crippen MR) is 124 cm³/mol. The second-order valence-electron chi connectivity index (χ2n) is 8.41. The standard InChI is InChI=1S/C23H23F2N3O3S2/c1-14-8-15(2)12-28(11-14)33(30,31)18-5-3-4-16(9-18)22(29)27-23-26-21(13-32-23)19-10-17(24)6-7-20(19)25/h3-7,9-10,13-15H,8,11-12H2,1-2H3,(H,26,27,29). The van der Waals surface area contributed by atoms with Crippen LogP contribution in [0.25, 0.3) is 11.3 Å². The quantitative estimate of drug-likeness (QED) is 0.544. The number of carbonyl (C=O) groups excluding carboxylic acids is 1. The molecule has 0 bridgehead atoms. The number of halogens is 2. The third-order valence-electron chi connectivity index (χ3n) is 5.50. The van der Waals surface area contributed by atoms with Gasteiger partial charge >= 0.3 is 0 Å². The predicted octanol–water partition coefficient (Wildman–Crippen LogP) is 5.01. The van der Waals surface area contributed by atoms with Gasteiger partial charge in [0.2, 0.25) is 10.0 Å². The smallest absolute Gasteiger partial charge is 0.257 e. The number of rotatable bonds is 5. The molecule has 1 aromatic heterocycles. The van der Waals surface area contributed by atoms with Gasteiger partial charge in [-0.3, -0.25) is 10.1 Å². The van der Waals surface area contributed by atoms with Crippen LogP contribution in [0, 0.1) is 23.5 Å². The molecule has 3 aromatic rings. The Kier molecular flexibility index (Phi) is 6.60. The van der Waals surface area contributed by atoms with Crippen molar-refractivity contribution in [1.82, 2.24) is 9.29 Å². The number of aromatic nitrogens is 1. The van der Waals surface area contributed by atoms with Crippen LogP contribution in [0.5, 0.6) is 0 Å². The number of piperidine rings is 1. The van der Waals surface area contributed by atoms with Crippen molar-refractivity contribution in [3.05, 3.63) is 65.0 Å². The van der Waals surface area contributed by atoms with E-state index in [0.29, 0.717) is 13.1 Å². The van der Waals surface area contributed by atoms with Crippen LogP contribution in [0.15, 0.2) is 52.7 Å². The third-order valence-corrected chi connectivity index (χ3v) is 8.08. The molecule has 1 amide bonds. The van der Waals surface area contributed by atoms with Crippen LogP contribution in [-0.2, 0) is 10.0 Å². The first-order valence-corrected chi connectivity index (χ1v) is 12.8. The highest BCUT2D eigenvalue weighted by molar-refractivity contribution is 7.89. The molecule has 1 N–H and O–H groups in total. The molecule has 33 heavy (non-hydrogen) atoms. The van der Waals surface area contributed by atoms with Crippen molar-refractivity contribution in [2.75, 3.05) is 18.4 Å². The normalized spacial score (nSPS) is 19.4. The summed E-state index contributed by atoms with van der Waals surface area (Å²) < 4.78 is 55.2. The van der Waals surface area contributed by atoms with Gasteiger partial charge in [-0.2, -0.15) is 4.31 Å². The highest BCUT2D eigenvalue weighted by Gasteiger charge is 2.32. The number of hydrogen-bond donors (Lipinski definition) is 1. The van der Waals surface area contributed by atoms with Crippen LogP contribution < -0.4 is 5.32 Å². The van der Waals surface area contributed by atoms with E-state index >= 15 is 0 Å². The second-order valence-corrected chi connectivity index (χ2v) is 11.2. The Bertz CT molecular complexity index is 1280. The number of benzene rings is 2. The van der Waals surface area contributed by atoms with E-state index in [1.165, 1.54) is 34.0 Å². The minimum atomic E-state index is -3.73. The van der Waals surface area contributed by atoms with Gasteiger partial charge in [-0.15, -0.1) is 11.3 Å². The van der Waals surface area contributed by atoms with Crippen LogP contribution in [0.1, 0.15) is 30.6 Å². The van der Waals surface area contributed by atoms with Crippen molar-refractivity contribution < 1.29 is 22.0 Å². The zero-order chi connectivity index (χ0) is 23.8. The van der Waals surface area contributed by atoms with Crippen LogP contribution in [-0.4, -0.2) is 36.7 Å². The van der Waals surface area contributed by atoms with Crippen molar-refractivity contribution in [1.29, 1.82) is 0 Å². The summed E-state index contributed by atoms with van der Waals surface area (Å²) in [5.41, 5.74) is 0.338. The summed E-state index contributed by atoms with van der Waals surface area (Å²) in [6.45, 7) is 4.95. The lowest BCUT2D eigenvalue weighted by Crippen LogP contribution is -2.42. The molecule has 4 rings (SSSR count). The number of nitrogens with one attached hydrogen (secondary N) is 1. The molecule has 0 radical (unpaired) electrons. The van der Waals surface area contributed by atoms with Crippen molar-refractivity contribution in [3.63, 3.8) is 0 Å². The summed E-state index contributed by atoms with van der Waals surface area (Å²) in [7, 11) is -3.73. The van der Waals surface area contributed by atoms with Gasteiger partial charge in [0.1, 0.15) is 11.6 Å². The fourth-order valence-corrected chi connectivity index (χ4v) is 6.50. The molecule has 1 fully saturated rings. The molecule has 1 saturated heterocycles. The Hall–Kier alpha value is -2.69. The van der Waals surface area contributed by atoms with Gasteiger partial charge in [-0.1, -0.05) is 19.9 Å². The average Bonchev–Trinajstić information content (AvgIpc) is 3.23. The topological polar surface area (TPSA) is 79.4 Å². The molecule has 174 valence electrons. The van der Waals surface area contributed by atoms with E-state index in [0.717, 1.165) is 36.0 Å². The Balaban J connectivity index is 1.53. The lowest BCUT2D eigenvalue weighted by Gasteiger charge is -2.34. The molecule has 2 aromatic carbocycles. The molecule has 0 aliphatic carbocycles. The number of amides is 1. The number of nitrogens with zero attached hydrogens (tertiary/aromatic N) is 2. The van der Waals surface area contributed by atoms with Crippen molar-refractivity contribution >= 4 is 32.4 Å². The number of carbonyl (C=O) groups is 1. The lowest BCUT2D eigenvalue weighted by molar-refractivity contribution is 0.102. The highest BCUT2D eigenvalue weighted by Crippen LogP contribution is 2.29. The summed E-state index contributed by atoms with van der Waals surface area (Å²) in [6, 6.07) is 8.91. The van der Waals surface area contributed by atoms with Crippen LogP contribution in [0.2, 0.25) is 0 Å². The fraction of sp³-hybridized carbons (Fsp3) is 0.304. The van der Waals surface area contributed by atoms with E-state index in [1.807, 2.05) is 13.8 Å². The van der Waals surface area contributed by atoms with Crippen LogP contribution in [0.3, 0.4) is 0 Å². The third kappa shape index (κ3) is 5.13. The van der Waals surface area contributed by atoms with E-state index in [-0.39, 0.29) is 38.7 Å². The molecule has 2 heterocycles. The average molecular weight is 492 g/mol. The number of sulfonamides is 1. The summed E-state index contributed by atoms with van der Waals surface area (Å²) >= 11 is 1.06. The lowest BCUT2D eigenvalue weighted by atomic mass is 9.94. The summed E-state index contributed by atoms with van der Waals surface area (Å²) in [4.78, 5) is 17.0. The van der Waals surface area contributed by atoms with Crippen LogP contribution in [0.4, 0.5) is 13.9 Å². The molecule has 1 aliphatic rings. The number of hydrogen-bond acceptors (Lipinski definition) is 5. The maximum Gasteiger partial charge on any atom is 0.257 e. The number of thiazole rings is 1. The van der Waals surface area contributed by atoms with Gasteiger partial charge in [-0.25, -0.2) is 22.2 Å². The maximum atomic E-state index is 14.0. The zero-order valence-corrected chi connectivity index (χ0v) is 19.7. The fourth-order valence-electron chi connectivity index (χ4n) is 4.07. The molecular formula is C23H23F2N3O3S2. The Morgan fingerprint density at radius 3 is 2.58 bits per heavy atom. The highest BCUT2D eigenvalue weighted by atomic mass is 32.2. The van der Waals surface area contributed by atoms with E-state index < -0.39 is 27.6 Å². The molecular weight excluding hydrogens is 468 g/mol. The molecule has 10 heteroatoms. The Morgan fingerprint density at radius 2 is 1.85 bits per heavy atom. The van der Waals surface area contributed by atoms with E-state index in [4.69, 9.17) is 0 Å². The minimum absolute atomic E-state index is 0.00942. The summed E-state index contributed by atoms with van der Waals surface area (Å²) in [6.07, 6.45) is 0.976.